The van der Waals surface area contributed by atoms with Crippen LogP contribution in [0, 0.1) is 0 Å². The smallest absolute Gasteiger partial charge is 0.242 e. The highest BCUT2D eigenvalue weighted by Crippen LogP contribution is 2.28. The molecule has 110 valence electrons. The van der Waals surface area contributed by atoms with Crippen LogP contribution in [0.4, 0.5) is 0 Å². The van der Waals surface area contributed by atoms with E-state index in [1.807, 2.05) is 25.7 Å². The summed E-state index contributed by atoms with van der Waals surface area (Å²) < 4.78 is 0.606. The van der Waals surface area contributed by atoms with Crippen molar-refractivity contribution in [2.24, 2.45) is 0 Å². The molecular weight excluding hydrogens is 296 g/mol. The topological polar surface area (TPSA) is 40.6 Å². The van der Waals surface area contributed by atoms with E-state index in [9.17, 15) is 9.59 Å². The standard InChI is InChI=1S/C14H19ClN2O2S/c1-9(12(18)10-5-6-11(15)20-10)17-8-7-16(4)13(19)14(17,2)3/h5-6,9H,7-8H2,1-4H3. The van der Waals surface area contributed by atoms with E-state index in [4.69, 9.17) is 11.6 Å². The number of likely N-dealkylation sites (N-methyl/N-ethyl adjacent to an activating group) is 1. The number of thiophene rings is 1. The van der Waals surface area contributed by atoms with Crippen LogP contribution in [0.25, 0.3) is 0 Å². The van der Waals surface area contributed by atoms with E-state index < -0.39 is 5.54 Å². The third-order valence-electron chi connectivity index (χ3n) is 3.93. The van der Waals surface area contributed by atoms with Gasteiger partial charge >= 0.3 is 0 Å². The quantitative estimate of drug-likeness (QED) is 0.805. The molecule has 1 aromatic heterocycles. The molecule has 0 spiro atoms. The minimum absolute atomic E-state index is 0.0207. The summed E-state index contributed by atoms with van der Waals surface area (Å²) in [7, 11) is 1.80. The van der Waals surface area contributed by atoms with Gasteiger partial charge in [0.1, 0.15) is 0 Å². The maximum absolute atomic E-state index is 12.5. The molecule has 1 atom stereocenters. The van der Waals surface area contributed by atoms with Gasteiger partial charge in [0.15, 0.2) is 5.78 Å². The zero-order chi connectivity index (χ0) is 15.1. The molecule has 6 heteroatoms. The summed E-state index contributed by atoms with van der Waals surface area (Å²) >= 11 is 7.17. The number of carbonyl (C=O) groups excluding carboxylic acids is 2. The highest BCUT2D eigenvalue weighted by Gasteiger charge is 2.44. The van der Waals surface area contributed by atoms with Gasteiger partial charge in [-0.15, -0.1) is 11.3 Å². The van der Waals surface area contributed by atoms with E-state index >= 15 is 0 Å². The van der Waals surface area contributed by atoms with E-state index in [0.717, 1.165) is 0 Å². The molecule has 0 N–H and O–H groups in total. The molecule has 2 rings (SSSR count). The number of amides is 1. The van der Waals surface area contributed by atoms with Crippen LogP contribution in [0.3, 0.4) is 0 Å². The van der Waals surface area contributed by atoms with Crippen molar-refractivity contribution in [1.82, 2.24) is 9.80 Å². The Morgan fingerprint density at radius 3 is 2.60 bits per heavy atom. The lowest BCUT2D eigenvalue weighted by Crippen LogP contribution is -2.65. The first kappa shape index (κ1) is 15.5. The molecular formula is C14H19ClN2O2S. The molecule has 2 heterocycles. The molecule has 1 fully saturated rings. The monoisotopic (exact) mass is 314 g/mol. The largest absolute Gasteiger partial charge is 0.343 e. The highest BCUT2D eigenvalue weighted by molar-refractivity contribution is 7.18. The van der Waals surface area contributed by atoms with Gasteiger partial charge in [-0.2, -0.15) is 0 Å². The molecule has 1 aromatic rings. The summed E-state index contributed by atoms with van der Waals surface area (Å²) in [6.07, 6.45) is 0. The van der Waals surface area contributed by atoms with Crippen molar-refractivity contribution in [2.45, 2.75) is 32.4 Å². The van der Waals surface area contributed by atoms with Gasteiger partial charge in [-0.3, -0.25) is 14.5 Å². The van der Waals surface area contributed by atoms with Gasteiger partial charge in [-0.05, 0) is 32.9 Å². The summed E-state index contributed by atoms with van der Waals surface area (Å²) in [4.78, 5) is 29.1. The van der Waals surface area contributed by atoms with Gasteiger partial charge in [0.25, 0.3) is 0 Å². The Balaban J connectivity index is 2.22. The van der Waals surface area contributed by atoms with Gasteiger partial charge in [-0.1, -0.05) is 11.6 Å². The van der Waals surface area contributed by atoms with E-state index in [0.29, 0.717) is 22.3 Å². The summed E-state index contributed by atoms with van der Waals surface area (Å²) in [6, 6.07) is 3.14. The number of piperazine rings is 1. The second kappa shape index (κ2) is 5.47. The predicted molar refractivity (Wildman–Crippen MR) is 81.5 cm³/mol. The van der Waals surface area contributed by atoms with Gasteiger partial charge in [0.2, 0.25) is 5.91 Å². The average molecular weight is 315 g/mol. The Bertz CT molecular complexity index is 541. The minimum atomic E-state index is -0.664. The van der Waals surface area contributed by atoms with Crippen LogP contribution in [0.5, 0.6) is 0 Å². The fourth-order valence-corrected chi connectivity index (χ4v) is 3.77. The number of carbonyl (C=O) groups is 2. The summed E-state index contributed by atoms with van der Waals surface area (Å²) in [6.45, 7) is 6.94. The van der Waals surface area contributed by atoms with Crippen molar-refractivity contribution < 1.29 is 9.59 Å². The maximum Gasteiger partial charge on any atom is 0.242 e. The average Bonchev–Trinajstić information content (AvgIpc) is 2.81. The van der Waals surface area contributed by atoms with E-state index in [1.54, 1.807) is 24.1 Å². The molecule has 20 heavy (non-hydrogen) atoms. The zero-order valence-electron chi connectivity index (χ0n) is 12.1. The Morgan fingerprint density at radius 2 is 2.05 bits per heavy atom. The molecule has 0 saturated carbocycles. The van der Waals surface area contributed by atoms with Crippen molar-refractivity contribution >= 4 is 34.6 Å². The molecule has 0 aliphatic carbocycles. The van der Waals surface area contributed by atoms with Gasteiger partial charge in [-0.25, -0.2) is 0 Å². The van der Waals surface area contributed by atoms with Crippen molar-refractivity contribution in [1.29, 1.82) is 0 Å². The van der Waals surface area contributed by atoms with E-state index in [1.165, 1.54) is 11.3 Å². The molecule has 1 amide bonds. The van der Waals surface area contributed by atoms with Crippen molar-refractivity contribution in [3.63, 3.8) is 0 Å². The van der Waals surface area contributed by atoms with Crippen molar-refractivity contribution in [3.05, 3.63) is 21.3 Å². The van der Waals surface area contributed by atoms with Crippen molar-refractivity contribution in [2.75, 3.05) is 20.1 Å². The van der Waals surface area contributed by atoms with Gasteiger partial charge in [0, 0.05) is 20.1 Å². The van der Waals surface area contributed by atoms with Crippen LogP contribution >= 0.6 is 22.9 Å². The minimum Gasteiger partial charge on any atom is -0.343 e. The van der Waals surface area contributed by atoms with Crippen LogP contribution in [-0.4, -0.2) is 53.2 Å². The van der Waals surface area contributed by atoms with Crippen LogP contribution in [0.15, 0.2) is 12.1 Å². The zero-order valence-corrected chi connectivity index (χ0v) is 13.7. The highest BCUT2D eigenvalue weighted by atomic mass is 35.5. The molecule has 1 aliphatic rings. The van der Waals surface area contributed by atoms with Crippen LogP contribution in [0.1, 0.15) is 30.4 Å². The lowest BCUT2D eigenvalue weighted by atomic mass is 9.94. The second-order valence-electron chi connectivity index (χ2n) is 5.62. The fraction of sp³-hybridized carbons (Fsp3) is 0.571. The lowest BCUT2D eigenvalue weighted by molar-refractivity contribution is -0.148. The number of Topliss-reactive ketones (excluding diaryl/α,β-unsaturated/α-hetero) is 1. The number of hydrogen-bond donors (Lipinski definition) is 0. The Labute approximate surface area is 128 Å². The fourth-order valence-electron chi connectivity index (χ4n) is 2.70. The van der Waals surface area contributed by atoms with Crippen LogP contribution in [0.2, 0.25) is 4.34 Å². The first-order valence-corrected chi connectivity index (χ1v) is 7.76. The van der Waals surface area contributed by atoms with Gasteiger partial charge < -0.3 is 4.90 Å². The van der Waals surface area contributed by atoms with Crippen LogP contribution in [-0.2, 0) is 4.79 Å². The van der Waals surface area contributed by atoms with E-state index in [-0.39, 0.29) is 17.7 Å². The molecule has 1 aliphatic heterocycles. The number of ketones is 1. The van der Waals surface area contributed by atoms with Crippen LogP contribution < -0.4 is 0 Å². The third-order valence-corrected chi connectivity index (χ3v) is 5.17. The first-order chi connectivity index (χ1) is 9.25. The lowest BCUT2D eigenvalue weighted by Gasteiger charge is -2.47. The Morgan fingerprint density at radius 1 is 1.40 bits per heavy atom. The molecule has 0 bridgehead atoms. The number of rotatable bonds is 3. The summed E-state index contributed by atoms with van der Waals surface area (Å²) in [5, 5.41) is 0. The summed E-state index contributed by atoms with van der Waals surface area (Å²) in [5.74, 6) is 0.0694. The normalized spacial score (nSPS) is 21.1. The first-order valence-electron chi connectivity index (χ1n) is 6.57. The number of nitrogens with zero attached hydrogens (tertiary/aromatic N) is 2. The SMILES string of the molecule is CC(C(=O)c1ccc(Cl)s1)N1CCN(C)C(=O)C1(C)C. The second-order valence-corrected chi connectivity index (χ2v) is 7.34. The molecule has 0 aromatic carbocycles. The molecule has 4 nitrogen and oxygen atoms in total. The summed E-state index contributed by atoms with van der Waals surface area (Å²) in [5.41, 5.74) is -0.664. The predicted octanol–water partition coefficient (Wildman–Crippen LogP) is 2.53. The Kier molecular flexibility index (Phi) is 4.23. The number of hydrogen-bond acceptors (Lipinski definition) is 4. The molecule has 0 radical (unpaired) electrons. The number of halogens is 1. The van der Waals surface area contributed by atoms with Crippen molar-refractivity contribution in [3.8, 4) is 0 Å². The molecule has 1 unspecified atom stereocenters. The maximum atomic E-state index is 12.5. The van der Waals surface area contributed by atoms with Gasteiger partial charge in [0.05, 0.1) is 20.8 Å². The Hall–Kier alpha value is -0.910. The third kappa shape index (κ3) is 2.62. The molecule has 1 saturated heterocycles. The van der Waals surface area contributed by atoms with E-state index in [2.05, 4.69) is 0 Å².